The van der Waals surface area contributed by atoms with Crippen LogP contribution in [0, 0.1) is 0 Å². The van der Waals surface area contributed by atoms with Crippen molar-refractivity contribution < 1.29 is 8.42 Å². The summed E-state index contributed by atoms with van der Waals surface area (Å²) < 4.78 is 30.4. The maximum Gasteiger partial charge on any atom is 0.243 e. The van der Waals surface area contributed by atoms with E-state index in [1.165, 1.54) is 12.4 Å². The van der Waals surface area contributed by atoms with E-state index in [-0.39, 0.29) is 10.9 Å². The highest BCUT2D eigenvalue weighted by Gasteiger charge is 2.19. The molecule has 2 rings (SSSR count). The first-order chi connectivity index (χ1) is 10.0. The molecule has 0 radical (unpaired) electrons. The molecule has 0 saturated heterocycles. The van der Waals surface area contributed by atoms with Gasteiger partial charge in [-0.25, -0.2) is 13.1 Å². The normalized spacial score (nSPS) is 13.4. The van der Waals surface area contributed by atoms with Crippen molar-refractivity contribution in [2.24, 2.45) is 0 Å². The Balaban J connectivity index is 1.98. The predicted molar refractivity (Wildman–Crippen MR) is 78.2 cm³/mol. The molecule has 0 aromatic carbocycles. The summed E-state index contributed by atoms with van der Waals surface area (Å²) in [4.78, 5) is 0.172. The molecular formula is C12H20N6O2S. The van der Waals surface area contributed by atoms with Crippen molar-refractivity contribution >= 4 is 10.0 Å². The zero-order chi connectivity index (χ0) is 15.3. The van der Waals surface area contributed by atoms with Crippen molar-refractivity contribution in [3.05, 3.63) is 30.9 Å². The molecule has 2 heterocycles. The maximum atomic E-state index is 12.2. The van der Waals surface area contributed by atoms with Gasteiger partial charge in [0.2, 0.25) is 10.0 Å². The molecule has 9 heteroatoms. The van der Waals surface area contributed by atoms with Crippen molar-refractivity contribution in [2.45, 2.75) is 31.0 Å². The van der Waals surface area contributed by atoms with Crippen LogP contribution >= 0.6 is 0 Å². The summed E-state index contributed by atoms with van der Waals surface area (Å²) >= 11 is 0. The molecule has 0 saturated carbocycles. The smallest absolute Gasteiger partial charge is 0.243 e. The first-order valence-electron chi connectivity index (χ1n) is 6.68. The number of aromatic nitrogens is 4. The Kier molecular flexibility index (Phi) is 5.10. The molecular weight excluding hydrogens is 292 g/mol. The third-order valence-electron chi connectivity index (χ3n) is 2.89. The minimum atomic E-state index is -3.56. The fourth-order valence-electron chi connectivity index (χ4n) is 1.89. The van der Waals surface area contributed by atoms with Crippen LogP contribution in [0.4, 0.5) is 0 Å². The second-order valence-corrected chi connectivity index (χ2v) is 6.51. The largest absolute Gasteiger partial charge is 0.318 e. The van der Waals surface area contributed by atoms with Crippen LogP contribution in [0.3, 0.4) is 0 Å². The fourth-order valence-corrected chi connectivity index (χ4v) is 3.08. The van der Waals surface area contributed by atoms with Crippen LogP contribution in [-0.2, 0) is 23.1 Å². The van der Waals surface area contributed by atoms with E-state index in [0.717, 1.165) is 6.54 Å². The van der Waals surface area contributed by atoms with E-state index in [0.29, 0.717) is 13.1 Å². The van der Waals surface area contributed by atoms with Crippen molar-refractivity contribution in [1.29, 1.82) is 0 Å². The van der Waals surface area contributed by atoms with Gasteiger partial charge in [-0.3, -0.25) is 9.36 Å². The fraction of sp³-hybridized carbons (Fsp3) is 0.500. The zero-order valence-electron chi connectivity index (χ0n) is 12.1. The van der Waals surface area contributed by atoms with Crippen LogP contribution in [0.15, 0.2) is 35.7 Å². The van der Waals surface area contributed by atoms with Gasteiger partial charge in [0.05, 0.1) is 19.3 Å². The topological polar surface area (TPSA) is 93.8 Å². The monoisotopic (exact) mass is 312 g/mol. The Morgan fingerprint density at radius 3 is 2.81 bits per heavy atom. The van der Waals surface area contributed by atoms with Crippen LogP contribution in [0.1, 0.15) is 6.92 Å². The molecule has 0 aliphatic rings. The minimum absolute atomic E-state index is 0.172. The van der Waals surface area contributed by atoms with E-state index in [9.17, 15) is 8.42 Å². The van der Waals surface area contributed by atoms with Crippen molar-refractivity contribution in [2.75, 3.05) is 13.6 Å². The lowest BCUT2D eigenvalue weighted by molar-refractivity contribution is 0.494. The number of nitrogens with one attached hydrogen (secondary N) is 2. The Morgan fingerprint density at radius 1 is 1.33 bits per heavy atom. The molecule has 116 valence electrons. The molecule has 0 spiro atoms. The molecule has 0 amide bonds. The molecule has 2 N–H and O–H groups in total. The summed E-state index contributed by atoms with van der Waals surface area (Å²) in [5.74, 6) is 0. The lowest BCUT2D eigenvalue weighted by Crippen LogP contribution is -2.35. The van der Waals surface area contributed by atoms with E-state index in [2.05, 4.69) is 20.2 Å². The summed E-state index contributed by atoms with van der Waals surface area (Å²) in [5.41, 5.74) is 0. The molecule has 8 nitrogen and oxygen atoms in total. The summed E-state index contributed by atoms with van der Waals surface area (Å²) in [6, 6.07) is 1.53. The van der Waals surface area contributed by atoms with Gasteiger partial charge in [-0.05, 0) is 20.0 Å². The minimum Gasteiger partial charge on any atom is -0.318 e. The Morgan fingerprint density at radius 2 is 2.14 bits per heavy atom. The quantitative estimate of drug-likeness (QED) is 0.696. The zero-order valence-corrected chi connectivity index (χ0v) is 12.9. The van der Waals surface area contributed by atoms with Gasteiger partial charge in [0.15, 0.2) is 0 Å². The first-order valence-corrected chi connectivity index (χ1v) is 8.16. The van der Waals surface area contributed by atoms with Crippen molar-refractivity contribution in [3.8, 4) is 0 Å². The maximum absolute atomic E-state index is 12.2. The van der Waals surface area contributed by atoms with Gasteiger partial charge in [0.25, 0.3) is 0 Å². The SMILES string of the molecule is CNCCn1cc(S(=O)(=O)NC(C)Cn2cccn2)cn1. The van der Waals surface area contributed by atoms with E-state index in [1.54, 1.807) is 34.7 Å². The molecule has 1 atom stereocenters. The second kappa shape index (κ2) is 6.83. The number of likely N-dealkylation sites (N-methyl/N-ethyl adjacent to an activating group) is 1. The highest BCUT2D eigenvalue weighted by atomic mass is 32.2. The standard InChI is InChI=1S/C12H20N6O2S/c1-11(9-17-6-3-4-14-17)16-21(19,20)12-8-15-18(10-12)7-5-13-2/h3-4,6,8,10-11,13,16H,5,7,9H2,1-2H3. The molecule has 2 aromatic heterocycles. The molecule has 1 unspecified atom stereocenters. The molecule has 0 aliphatic carbocycles. The summed E-state index contributed by atoms with van der Waals surface area (Å²) in [7, 11) is -1.73. The Labute approximate surface area is 124 Å². The lowest BCUT2D eigenvalue weighted by Gasteiger charge is -2.13. The van der Waals surface area contributed by atoms with Gasteiger partial charge in [-0.1, -0.05) is 0 Å². The van der Waals surface area contributed by atoms with Crippen molar-refractivity contribution in [1.82, 2.24) is 29.6 Å². The van der Waals surface area contributed by atoms with E-state index >= 15 is 0 Å². The van der Waals surface area contributed by atoms with Gasteiger partial charge in [0.1, 0.15) is 4.90 Å². The lowest BCUT2D eigenvalue weighted by atomic mass is 10.4. The van der Waals surface area contributed by atoms with E-state index in [1.807, 2.05) is 7.05 Å². The molecule has 21 heavy (non-hydrogen) atoms. The van der Waals surface area contributed by atoms with Gasteiger partial charge >= 0.3 is 0 Å². The average Bonchev–Trinajstić information content (AvgIpc) is 3.06. The van der Waals surface area contributed by atoms with Crippen LogP contribution in [0.25, 0.3) is 0 Å². The second-order valence-electron chi connectivity index (χ2n) is 4.79. The summed E-state index contributed by atoms with van der Waals surface area (Å²) in [6.45, 7) is 3.62. The van der Waals surface area contributed by atoms with Gasteiger partial charge in [-0.15, -0.1) is 0 Å². The number of nitrogens with zero attached hydrogens (tertiary/aromatic N) is 4. The van der Waals surface area contributed by atoms with E-state index in [4.69, 9.17) is 0 Å². The molecule has 0 aliphatic heterocycles. The predicted octanol–water partition coefficient (Wildman–Crippen LogP) is -0.334. The molecule has 2 aromatic rings. The third kappa shape index (κ3) is 4.38. The van der Waals surface area contributed by atoms with E-state index < -0.39 is 10.0 Å². The highest BCUT2D eigenvalue weighted by Crippen LogP contribution is 2.08. The number of hydrogen-bond acceptors (Lipinski definition) is 5. The summed E-state index contributed by atoms with van der Waals surface area (Å²) in [6.07, 6.45) is 6.34. The van der Waals surface area contributed by atoms with Crippen LogP contribution < -0.4 is 10.0 Å². The summed E-state index contributed by atoms with van der Waals surface area (Å²) in [5, 5.41) is 11.1. The number of hydrogen-bond donors (Lipinski definition) is 2. The molecule has 0 fully saturated rings. The Hall–Kier alpha value is -1.71. The van der Waals surface area contributed by atoms with Gasteiger partial charge < -0.3 is 5.32 Å². The average molecular weight is 312 g/mol. The molecule has 0 bridgehead atoms. The van der Waals surface area contributed by atoms with Crippen LogP contribution in [0.5, 0.6) is 0 Å². The Bertz CT molecular complexity index is 649. The van der Waals surface area contributed by atoms with Crippen LogP contribution in [0.2, 0.25) is 0 Å². The first kappa shape index (κ1) is 15.7. The van der Waals surface area contributed by atoms with Gasteiger partial charge in [0, 0.05) is 31.2 Å². The third-order valence-corrected chi connectivity index (χ3v) is 4.43. The number of sulfonamides is 1. The van der Waals surface area contributed by atoms with Crippen molar-refractivity contribution in [3.63, 3.8) is 0 Å². The number of rotatable bonds is 8. The van der Waals surface area contributed by atoms with Crippen LogP contribution in [-0.4, -0.2) is 47.6 Å². The van der Waals surface area contributed by atoms with Gasteiger partial charge in [-0.2, -0.15) is 10.2 Å². The highest BCUT2D eigenvalue weighted by molar-refractivity contribution is 7.89.